The molecule has 1 aromatic carbocycles. The summed E-state index contributed by atoms with van der Waals surface area (Å²) in [6, 6.07) is 11.2. The maximum Gasteiger partial charge on any atom is 0.409 e. The fourth-order valence-electron chi connectivity index (χ4n) is 3.59. The third kappa shape index (κ3) is 4.96. The molecule has 1 fully saturated rings. The van der Waals surface area contributed by atoms with Gasteiger partial charge < -0.3 is 23.9 Å². The molecule has 0 radical (unpaired) electrons. The van der Waals surface area contributed by atoms with Crippen LogP contribution in [0.2, 0.25) is 0 Å². The molecule has 2 amide bonds. The lowest BCUT2D eigenvalue weighted by molar-refractivity contribution is -0.105. The summed E-state index contributed by atoms with van der Waals surface area (Å²) in [5.41, 5.74) is 4.94. The molecule has 178 valence electrons. The SMILES string of the molecule is COC(=O)N1CC(c2nc(-c3ccc(C)c(NC=O)c3)no2)C1.Cc1cnc2cc(C#N)ccn12. The van der Waals surface area contributed by atoms with Gasteiger partial charge in [-0.25, -0.2) is 9.78 Å². The van der Waals surface area contributed by atoms with Gasteiger partial charge in [-0.1, -0.05) is 17.3 Å². The van der Waals surface area contributed by atoms with Crippen LogP contribution >= 0.6 is 0 Å². The third-order valence-electron chi connectivity index (χ3n) is 5.64. The normalized spacial score (nSPS) is 12.8. The van der Waals surface area contributed by atoms with Crippen molar-refractivity contribution in [1.29, 1.82) is 5.26 Å². The van der Waals surface area contributed by atoms with Crippen molar-refractivity contribution < 1.29 is 18.8 Å². The van der Waals surface area contributed by atoms with E-state index in [1.54, 1.807) is 29.3 Å². The molecule has 0 aliphatic carbocycles. The fourth-order valence-corrected chi connectivity index (χ4v) is 3.59. The Labute approximate surface area is 200 Å². The Morgan fingerprint density at radius 1 is 1.29 bits per heavy atom. The van der Waals surface area contributed by atoms with Crippen molar-refractivity contribution in [3.63, 3.8) is 0 Å². The summed E-state index contributed by atoms with van der Waals surface area (Å²) >= 11 is 0. The van der Waals surface area contributed by atoms with E-state index in [-0.39, 0.29) is 12.0 Å². The number of carbonyl (C=O) groups excluding carboxylic acids is 2. The minimum Gasteiger partial charge on any atom is -0.453 e. The van der Waals surface area contributed by atoms with Crippen molar-refractivity contribution in [2.45, 2.75) is 19.8 Å². The number of aromatic nitrogens is 4. The molecule has 11 heteroatoms. The molecule has 11 nitrogen and oxygen atoms in total. The highest BCUT2D eigenvalue weighted by Gasteiger charge is 2.36. The van der Waals surface area contributed by atoms with Crippen LogP contribution in [0.25, 0.3) is 17.0 Å². The van der Waals surface area contributed by atoms with Gasteiger partial charge in [-0.05, 0) is 37.6 Å². The van der Waals surface area contributed by atoms with Gasteiger partial charge in [-0.3, -0.25) is 4.79 Å². The first kappa shape index (κ1) is 23.4. The second kappa shape index (κ2) is 10.0. The minimum absolute atomic E-state index is 0.0216. The zero-order valence-electron chi connectivity index (χ0n) is 19.4. The molecule has 1 saturated heterocycles. The van der Waals surface area contributed by atoms with E-state index < -0.39 is 0 Å². The predicted molar refractivity (Wildman–Crippen MR) is 126 cm³/mol. The predicted octanol–water partition coefficient (Wildman–Crippen LogP) is 3.29. The molecule has 1 aliphatic rings. The molecule has 35 heavy (non-hydrogen) atoms. The van der Waals surface area contributed by atoms with Gasteiger partial charge in [0, 0.05) is 42.4 Å². The van der Waals surface area contributed by atoms with Crippen LogP contribution in [0.4, 0.5) is 10.5 Å². The van der Waals surface area contributed by atoms with Crippen LogP contribution in [0.3, 0.4) is 0 Å². The van der Waals surface area contributed by atoms with E-state index in [1.807, 2.05) is 36.6 Å². The Kier molecular flexibility index (Phi) is 6.73. The van der Waals surface area contributed by atoms with Crippen molar-refractivity contribution in [2.24, 2.45) is 0 Å². The van der Waals surface area contributed by atoms with E-state index in [4.69, 9.17) is 9.78 Å². The van der Waals surface area contributed by atoms with Crippen molar-refractivity contribution in [1.82, 2.24) is 24.4 Å². The number of hydrogen-bond acceptors (Lipinski definition) is 8. The smallest absolute Gasteiger partial charge is 0.409 e. The molecule has 0 unspecified atom stereocenters. The van der Waals surface area contributed by atoms with Gasteiger partial charge >= 0.3 is 6.09 Å². The number of carbonyl (C=O) groups is 2. The van der Waals surface area contributed by atoms with E-state index in [1.165, 1.54) is 7.11 Å². The highest BCUT2D eigenvalue weighted by atomic mass is 16.5. The number of likely N-dealkylation sites (tertiary alicyclic amines) is 1. The Hall–Kier alpha value is -4.72. The maximum absolute atomic E-state index is 11.3. The molecule has 4 heterocycles. The zero-order chi connectivity index (χ0) is 24.9. The second-order valence-electron chi connectivity index (χ2n) is 7.98. The Balaban J connectivity index is 0.000000201. The van der Waals surface area contributed by atoms with Gasteiger partial charge in [-0.2, -0.15) is 10.2 Å². The van der Waals surface area contributed by atoms with Gasteiger partial charge in [0.1, 0.15) is 5.65 Å². The summed E-state index contributed by atoms with van der Waals surface area (Å²) in [5.74, 6) is 0.962. The van der Waals surface area contributed by atoms with Crippen LogP contribution in [0.15, 0.2) is 47.2 Å². The number of imidazole rings is 1. The lowest BCUT2D eigenvalue weighted by Crippen LogP contribution is -2.48. The molecule has 0 atom stereocenters. The molecule has 0 spiro atoms. The lowest BCUT2D eigenvalue weighted by Gasteiger charge is -2.35. The summed E-state index contributed by atoms with van der Waals surface area (Å²) in [5, 5.41) is 15.2. The van der Waals surface area contributed by atoms with Gasteiger partial charge in [0.25, 0.3) is 0 Å². The fraction of sp³-hybridized carbons (Fsp3) is 0.250. The number of hydrogen-bond donors (Lipinski definition) is 1. The van der Waals surface area contributed by atoms with Crippen LogP contribution in [0.5, 0.6) is 0 Å². The third-order valence-corrected chi connectivity index (χ3v) is 5.64. The van der Waals surface area contributed by atoms with Crippen LogP contribution in [0.1, 0.15) is 28.6 Å². The first-order chi connectivity index (χ1) is 16.9. The largest absolute Gasteiger partial charge is 0.453 e. The quantitative estimate of drug-likeness (QED) is 0.446. The monoisotopic (exact) mass is 473 g/mol. The number of nitriles is 1. The number of amides is 2. The number of rotatable bonds is 4. The molecule has 5 rings (SSSR count). The minimum atomic E-state index is -0.357. The molecule has 0 bridgehead atoms. The van der Waals surface area contributed by atoms with Gasteiger partial charge in [0.15, 0.2) is 0 Å². The van der Waals surface area contributed by atoms with E-state index in [0.29, 0.717) is 42.5 Å². The van der Waals surface area contributed by atoms with Gasteiger partial charge in [0.2, 0.25) is 18.1 Å². The van der Waals surface area contributed by atoms with E-state index in [9.17, 15) is 9.59 Å². The average Bonchev–Trinajstić information content (AvgIpc) is 3.47. The number of nitrogens with one attached hydrogen (secondary N) is 1. The molecule has 4 aromatic rings. The molecule has 1 aliphatic heterocycles. The van der Waals surface area contributed by atoms with E-state index in [2.05, 4.69) is 31.2 Å². The van der Waals surface area contributed by atoms with Crippen molar-refractivity contribution in [3.05, 3.63) is 65.4 Å². The second-order valence-corrected chi connectivity index (χ2v) is 7.98. The Morgan fingerprint density at radius 3 is 2.80 bits per heavy atom. The first-order valence-electron chi connectivity index (χ1n) is 10.7. The number of ether oxygens (including phenoxy) is 1. The summed E-state index contributed by atoms with van der Waals surface area (Å²) in [6.45, 7) is 4.87. The molecular weight excluding hydrogens is 450 g/mol. The number of pyridine rings is 1. The summed E-state index contributed by atoms with van der Waals surface area (Å²) in [4.78, 5) is 32.0. The molecule has 0 saturated carbocycles. The number of nitrogens with zero attached hydrogens (tertiary/aromatic N) is 6. The number of aryl methyl sites for hydroxylation is 2. The Bertz CT molecular complexity index is 1410. The van der Waals surface area contributed by atoms with Gasteiger partial charge in [0.05, 0.1) is 24.7 Å². The summed E-state index contributed by atoms with van der Waals surface area (Å²) in [6.07, 6.45) is 3.92. The number of benzene rings is 1. The Morgan fingerprint density at radius 2 is 2.09 bits per heavy atom. The van der Waals surface area contributed by atoms with Crippen LogP contribution in [-0.2, 0) is 9.53 Å². The molecule has 1 N–H and O–H groups in total. The zero-order valence-corrected chi connectivity index (χ0v) is 19.4. The highest BCUT2D eigenvalue weighted by Crippen LogP contribution is 2.29. The van der Waals surface area contributed by atoms with E-state index >= 15 is 0 Å². The molecular formula is C24H23N7O4. The van der Waals surface area contributed by atoms with Gasteiger partial charge in [-0.15, -0.1) is 0 Å². The van der Waals surface area contributed by atoms with Crippen molar-refractivity contribution in [2.75, 3.05) is 25.5 Å². The van der Waals surface area contributed by atoms with Crippen molar-refractivity contribution in [3.8, 4) is 17.5 Å². The standard InChI is InChI=1S/C15H16N4O4.C9H7N3/c1-9-3-4-10(5-12(9)16-8-20)13-17-14(23-18-13)11-6-19(7-11)15(21)22-2;1-7-6-11-9-4-8(5-10)2-3-12(7)9/h3-5,8,11H,6-7H2,1-2H3,(H,16,20);2-4,6H,1H3. The van der Waals surface area contributed by atoms with Crippen molar-refractivity contribution >= 4 is 23.8 Å². The van der Waals surface area contributed by atoms with E-state index in [0.717, 1.165) is 22.5 Å². The lowest BCUT2D eigenvalue weighted by atomic mass is 10.0. The number of methoxy groups -OCH3 is 1. The van der Waals surface area contributed by atoms with Crippen LogP contribution < -0.4 is 5.32 Å². The summed E-state index contributed by atoms with van der Waals surface area (Å²) in [7, 11) is 1.35. The number of anilines is 1. The highest BCUT2D eigenvalue weighted by molar-refractivity contribution is 5.76. The molecule has 3 aromatic heterocycles. The van der Waals surface area contributed by atoms with Crippen LogP contribution in [-0.4, -0.2) is 57.1 Å². The summed E-state index contributed by atoms with van der Waals surface area (Å²) < 4.78 is 11.9. The topological polar surface area (TPSA) is 139 Å². The average molecular weight is 473 g/mol. The maximum atomic E-state index is 11.3. The van der Waals surface area contributed by atoms with Crippen LogP contribution in [0, 0.1) is 25.2 Å². The first-order valence-corrected chi connectivity index (χ1v) is 10.7. The number of fused-ring (bicyclic) bond motifs is 1.